The van der Waals surface area contributed by atoms with Gasteiger partial charge in [-0.05, 0) is 41.0 Å². The molecule has 0 radical (unpaired) electrons. The van der Waals surface area contributed by atoms with Crippen LogP contribution in [0.15, 0.2) is 0 Å². The minimum atomic E-state index is -0.0592. The van der Waals surface area contributed by atoms with Gasteiger partial charge in [0.25, 0.3) is 0 Å². The highest BCUT2D eigenvalue weighted by Crippen LogP contribution is 2.20. The van der Waals surface area contributed by atoms with Crippen molar-refractivity contribution in [3.05, 3.63) is 0 Å². The standard InChI is InChI=1S/C15H31N3O2.2ClH/c1-11(16)6-7-14(19)17-10-15(4,5)18-8-12(2)20-13(3)9-18;;/h11-13H,6-10,16H2,1-5H3,(H,17,19);2*1H. The number of nitrogens with two attached hydrogens (primary N) is 1. The molecule has 0 aromatic carbocycles. The van der Waals surface area contributed by atoms with E-state index >= 15 is 0 Å². The molecule has 0 aliphatic carbocycles. The van der Waals surface area contributed by atoms with Crippen LogP contribution in [-0.2, 0) is 9.53 Å². The predicted octanol–water partition coefficient (Wildman–Crippen LogP) is 1.96. The average molecular weight is 358 g/mol. The minimum Gasteiger partial charge on any atom is -0.373 e. The van der Waals surface area contributed by atoms with Crippen LogP contribution in [0, 0.1) is 0 Å². The first kappa shape index (κ1) is 24.2. The lowest BCUT2D eigenvalue weighted by Crippen LogP contribution is -2.58. The van der Waals surface area contributed by atoms with Crippen molar-refractivity contribution in [2.75, 3.05) is 19.6 Å². The summed E-state index contributed by atoms with van der Waals surface area (Å²) in [6.45, 7) is 12.9. The van der Waals surface area contributed by atoms with E-state index in [-0.39, 0.29) is 54.5 Å². The number of ether oxygens (including phenoxy) is 1. The maximum Gasteiger partial charge on any atom is 0.220 e. The first-order valence-corrected chi connectivity index (χ1v) is 7.63. The second-order valence-electron chi connectivity index (χ2n) is 6.77. The highest BCUT2D eigenvalue weighted by molar-refractivity contribution is 5.85. The van der Waals surface area contributed by atoms with Crippen LogP contribution in [0.4, 0.5) is 0 Å². The Balaban J connectivity index is 0. The SMILES string of the molecule is CC(N)CCC(=O)NCC(C)(C)N1CC(C)OC(C)C1.Cl.Cl. The fraction of sp³-hybridized carbons (Fsp3) is 0.933. The summed E-state index contributed by atoms with van der Waals surface area (Å²) in [5.41, 5.74) is 5.61. The van der Waals surface area contributed by atoms with Gasteiger partial charge in [-0.1, -0.05) is 0 Å². The molecule has 0 saturated carbocycles. The molecule has 5 nitrogen and oxygen atoms in total. The summed E-state index contributed by atoms with van der Waals surface area (Å²) in [7, 11) is 0. The molecule has 134 valence electrons. The van der Waals surface area contributed by atoms with E-state index in [0.29, 0.717) is 13.0 Å². The highest BCUT2D eigenvalue weighted by Gasteiger charge is 2.33. The Hall–Kier alpha value is -0.0700. The first-order valence-electron chi connectivity index (χ1n) is 7.63. The number of halogens is 2. The Morgan fingerprint density at radius 3 is 2.27 bits per heavy atom. The third kappa shape index (κ3) is 8.53. The maximum absolute atomic E-state index is 11.8. The second kappa shape index (κ2) is 10.7. The Morgan fingerprint density at radius 1 is 1.32 bits per heavy atom. The van der Waals surface area contributed by atoms with E-state index in [4.69, 9.17) is 10.5 Å². The Labute approximate surface area is 147 Å². The highest BCUT2D eigenvalue weighted by atomic mass is 35.5. The van der Waals surface area contributed by atoms with Gasteiger partial charge in [0.05, 0.1) is 12.2 Å². The van der Waals surface area contributed by atoms with Crippen molar-refractivity contribution in [3.8, 4) is 0 Å². The smallest absolute Gasteiger partial charge is 0.220 e. The molecule has 0 aromatic rings. The number of carbonyl (C=O) groups excluding carboxylic acids is 1. The van der Waals surface area contributed by atoms with Gasteiger partial charge in [0.15, 0.2) is 0 Å². The summed E-state index contributed by atoms with van der Waals surface area (Å²) < 4.78 is 5.76. The zero-order valence-corrected chi connectivity index (χ0v) is 16.1. The van der Waals surface area contributed by atoms with Crippen LogP contribution in [0.1, 0.15) is 47.5 Å². The zero-order valence-electron chi connectivity index (χ0n) is 14.4. The van der Waals surface area contributed by atoms with Crippen molar-refractivity contribution >= 4 is 30.7 Å². The second-order valence-corrected chi connectivity index (χ2v) is 6.77. The van der Waals surface area contributed by atoms with Gasteiger partial charge >= 0.3 is 0 Å². The molecule has 1 heterocycles. The van der Waals surface area contributed by atoms with E-state index in [1.807, 2.05) is 6.92 Å². The Bertz CT molecular complexity index is 318. The molecule has 3 atom stereocenters. The number of nitrogens with one attached hydrogen (secondary N) is 1. The summed E-state index contributed by atoms with van der Waals surface area (Å²) in [5, 5.41) is 3.03. The predicted molar refractivity (Wildman–Crippen MR) is 96.1 cm³/mol. The quantitative estimate of drug-likeness (QED) is 0.762. The third-order valence-electron chi connectivity index (χ3n) is 3.82. The van der Waals surface area contributed by atoms with Gasteiger partial charge in [0, 0.05) is 37.6 Å². The van der Waals surface area contributed by atoms with Crippen LogP contribution in [0.25, 0.3) is 0 Å². The molecule has 0 aromatic heterocycles. The number of hydrogen-bond acceptors (Lipinski definition) is 4. The molecule has 0 bridgehead atoms. The lowest BCUT2D eigenvalue weighted by atomic mass is 10.00. The van der Waals surface area contributed by atoms with E-state index in [1.165, 1.54) is 0 Å². The van der Waals surface area contributed by atoms with Gasteiger partial charge in [-0.3, -0.25) is 9.69 Å². The van der Waals surface area contributed by atoms with Crippen molar-refractivity contribution in [2.24, 2.45) is 5.73 Å². The summed E-state index contributed by atoms with van der Waals surface area (Å²) in [6.07, 6.45) is 1.72. The van der Waals surface area contributed by atoms with Gasteiger partial charge in [-0.15, -0.1) is 24.8 Å². The monoisotopic (exact) mass is 357 g/mol. The molecule has 3 unspecified atom stereocenters. The topological polar surface area (TPSA) is 67.6 Å². The fourth-order valence-electron chi connectivity index (χ4n) is 2.55. The van der Waals surface area contributed by atoms with Crippen LogP contribution in [0.3, 0.4) is 0 Å². The molecule has 1 aliphatic rings. The first-order chi connectivity index (χ1) is 9.20. The van der Waals surface area contributed by atoms with Gasteiger partial charge in [-0.2, -0.15) is 0 Å². The van der Waals surface area contributed by atoms with Crippen LogP contribution in [-0.4, -0.2) is 54.2 Å². The number of nitrogens with zero attached hydrogens (tertiary/aromatic N) is 1. The van der Waals surface area contributed by atoms with Crippen molar-refractivity contribution in [2.45, 2.75) is 71.2 Å². The fourth-order valence-corrected chi connectivity index (χ4v) is 2.55. The maximum atomic E-state index is 11.8. The molecule has 3 N–H and O–H groups in total. The van der Waals surface area contributed by atoms with Crippen LogP contribution in [0.5, 0.6) is 0 Å². The number of amides is 1. The van der Waals surface area contributed by atoms with Gasteiger partial charge < -0.3 is 15.8 Å². The van der Waals surface area contributed by atoms with E-state index in [2.05, 4.69) is 37.9 Å². The molecular weight excluding hydrogens is 325 g/mol. The lowest BCUT2D eigenvalue weighted by molar-refractivity contribution is -0.123. The molecule has 1 aliphatic heterocycles. The molecule has 7 heteroatoms. The van der Waals surface area contributed by atoms with E-state index in [1.54, 1.807) is 0 Å². The number of carbonyl (C=O) groups is 1. The largest absolute Gasteiger partial charge is 0.373 e. The van der Waals surface area contributed by atoms with Crippen molar-refractivity contribution in [3.63, 3.8) is 0 Å². The normalized spacial score (nSPS) is 23.9. The summed E-state index contributed by atoms with van der Waals surface area (Å²) in [6, 6.07) is 0.0784. The Morgan fingerprint density at radius 2 is 1.82 bits per heavy atom. The van der Waals surface area contributed by atoms with Gasteiger partial charge in [-0.25, -0.2) is 0 Å². The zero-order chi connectivity index (χ0) is 15.3. The minimum absolute atomic E-state index is 0. The van der Waals surface area contributed by atoms with Crippen molar-refractivity contribution in [1.29, 1.82) is 0 Å². The summed E-state index contributed by atoms with van der Waals surface area (Å²) in [4.78, 5) is 14.2. The van der Waals surface area contributed by atoms with Gasteiger partial charge in [0.2, 0.25) is 5.91 Å². The summed E-state index contributed by atoms with van der Waals surface area (Å²) in [5.74, 6) is 0.0877. The van der Waals surface area contributed by atoms with E-state index < -0.39 is 0 Å². The number of hydrogen-bond donors (Lipinski definition) is 2. The number of morpholine rings is 1. The molecule has 1 amide bonds. The Kier molecular flexibility index (Phi) is 11.7. The molecule has 22 heavy (non-hydrogen) atoms. The molecular formula is C15H33Cl2N3O2. The van der Waals surface area contributed by atoms with Crippen LogP contribution < -0.4 is 11.1 Å². The van der Waals surface area contributed by atoms with E-state index in [0.717, 1.165) is 19.5 Å². The average Bonchev–Trinajstić information content (AvgIpc) is 2.32. The molecule has 1 saturated heterocycles. The van der Waals surface area contributed by atoms with Crippen molar-refractivity contribution < 1.29 is 9.53 Å². The molecule has 1 rings (SSSR count). The third-order valence-corrected chi connectivity index (χ3v) is 3.82. The summed E-state index contributed by atoms with van der Waals surface area (Å²) >= 11 is 0. The van der Waals surface area contributed by atoms with E-state index in [9.17, 15) is 4.79 Å². The molecule has 1 fully saturated rings. The number of rotatable bonds is 6. The van der Waals surface area contributed by atoms with Crippen molar-refractivity contribution in [1.82, 2.24) is 10.2 Å². The molecule has 0 spiro atoms. The lowest BCUT2D eigenvalue weighted by Gasteiger charge is -2.45. The van der Waals surface area contributed by atoms with Gasteiger partial charge in [0.1, 0.15) is 0 Å². The van der Waals surface area contributed by atoms with Crippen LogP contribution >= 0.6 is 24.8 Å². The van der Waals surface area contributed by atoms with Crippen LogP contribution in [0.2, 0.25) is 0 Å².